The number of aliphatic hydroxyl groups excluding tert-OH is 1. The first-order valence-corrected chi connectivity index (χ1v) is 3.42. The van der Waals surface area contributed by atoms with E-state index >= 15 is 0 Å². The molecule has 0 saturated heterocycles. The SMILES string of the molecule is N#C[C@@H]1[C@H]2CC[C@H](O)[C@@H]12. The van der Waals surface area contributed by atoms with Crippen LogP contribution in [0.3, 0.4) is 0 Å². The van der Waals surface area contributed by atoms with Crippen LogP contribution in [-0.4, -0.2) is 11.2 Å². The Hall–Kier alpha value is -0.550. The topological polar surface area (TPSA) is 44.0 Å². The van der Waals surface area contributed by atoms with Crippen molar-refractivity contribution in [3.05, 3.63) is 0 Å². The molecule has 0 spiro atoms. The maximum absolute atomic E-state index is 9.19. The van der Waals surface area contributed by atoms with E-state index in [1.165, 1.54) is 0 Å². The third-order valence-corrected chi connectivity index (χ3v) is 2.62. The minimum Gasteiger partial charge on any atom is -0.393 e. The lowest BCUT2D eigenvalue weighted by Gasteiger charge is -2.00. The number of nitriles is 1. The average Bonchev–Trinajstić information content (AvgIpc) is 2.46. The predicted octanol–water partition coefficient (Wildman–Crippen LogP) is 0.527. The number of rotatable bonds is 0. The van der Waals surface area contributed by atoms with Crippen LogP contribution in [0, 0.1) is 29.1 Å². The summed E-state index contributed by atoms with van der Waals surface area (Å²) in [7, 11) is 0. The monoisotopic (exact) mass is 123 g/mol. The lowest BCUT2D eigenvalue weighted by molar-refractivity contribution is 0.154. The van der Waals surface area contributed by atoms with E-state index in [0.717, 1.165) is 12.8 Å². The Bertz CT molecular complexity index is 172. The number of aliphatic hydroxyl groups is 1. The molecule has 2 heteroatoms. The van der Waals surface area contributed by atoms with Crippen molar-refractivity contribution in [3.8, 4) is 6.07 Å². The largest absolute Gasteiger partial charge is 0.393 e. The van der Waals surface area contributed by atoms with E-state index in [4.69, 9.17) is 5.26 Å². The lowest BCUT2D eigenvalue weighted by Crippen LogP contribution is -2.06. The Labute approximate surface area is 54.1 Å². The first-order chi connectivity index (χ1) is 4.34. The summed E-state index contributed by atoms with van der Waals surface area (Å²) in [5.74, 6) is 1.12. The van der Waals surface area contributed by atoms with Crippen LogP contribution in [-0.2, 0) is 0 Å². The lowest BCUT2D eigenvalue weighted by atomic mass is 10.1. The molecule has 2 aliphatic carbocycles. The second-order valence-corrected chi connectivity index (χ2v) is 3.04. The second kappa shape index (κ2) is 1.48. The van der Waals surface area contributed by atoms with Crippen molar-refractivity contribution in [2.75, 3.05) is 0 Å². The van der Waals surface area contributed by atoms with Crippen molar-refractivity contribution in [1.82, 2.24) is 0 Å². The van der Waals surface area contributed by atoms with Crippen LogP contribution in [0.25, 0.3) is 0 Å². The molecule has 2 aliphatic rings. The minimum absolute atomic E-state index is 0.153. The molecule has 2 saturated carbocycles. The summed E-state index contributed by atoms with van der Waals surface area (Å²) in [6, 6.07) is 2.21. The molecule has 0 aliphatic heterocycles. The zero-order valence-electron chi connectivity index (χ0n) is 5.12. The van der Waals surface area contributed by atoms with Gasteiger partial charge in [0.2, 0.25) is 0 Å². The van der Waals surface area contributed by atoms with Crippen molar-refractivity contribution in [3.63, 3.8) is 0 Å². The average molecular weight is 123 g/mol. The van der Waals surface area contributed by atoms with Gasteiger partial charge < -0.3 is 5.11 Å². The number of fused-ring (bicyclic) bond motifs is 1. The molecule has 1 N–H and O–H groups in total. The van der Waals surface area contributed by atoms with Crippen LogP contribution < -0.4 is 0 Å². The molecule has 0 unspecified atom stereocenters. The molecule has 4 atom stereocenters. The number of nitrogens with zero attached hydrogens (tertiary/aromatic N) is 1. The summed E-state index contributed by atoms with van der Waals surface area (Å²) in [6.45, 7) is 0. The Morgan fingerprint density at radius 3 is 2.56 bits per heavy atom. The molecule has 2 rings (SSSR count). The van der Waals surface area contributed by atoms with Gasteiger partial charge in [-0.05, 0) is 18.8 Å². The van der Waals surface area contributed by atoms with Crippen molar-refractivity contribution < 1.29 is 5.11 Å². The second-order valence-electron chi connectivity index (χ2n) is 3.04. The third kappa shape index (κ3) is 0.529. The van der Waals surface area contributed by atoms with Gasteiger partial charge in [-0.1, -0.05) is 0 Å². The first-order valence-electron chi connectivity index (χ1n) is 3.42. The van der Waals surface area contributed by atoms with Gasteiger partial charge in [0.25, 0.3) is 0 Å². The minimum atomic E-state index is -0.153. The van der Waals surface area contributed by atoms with Crippen molar-refractivity contribution in [1.29, 1.82) is 5.26 Å². The number of hydrogen-bond acceptors (Lipinski definition) is 2. The highest BCUT2D eigenvalue weighted by Crippen LogP contribution is 2.56. The molecular weight excluding hydrogens is 114 g/mol. The maximum Gasteiger partial charge on any atom is 0.0662 e. The van der Waals surface area contributed by atoms with Gasteiger partial charge in [0.1, 0.15) is 0 Å². The normalized spacial score (nSPS) is 54.2. The zero-order chi connectivity index (χ0) is 6.43. The summed E-state index contributed by atoms with van der Waals surface area (Å²) in [5, 5.41) is 17.7. The Morgan fingerprint density at radius 2 is 2.22 bits per heavy atom. The van der Waals surface area contributed by atoms with Crippen LogP contribution in [0.2, 0.25) is 0 Å². The zero-order valence-corrected chi connectivity index (χ0v) is 5.12. The molecule has 0 bridgehead atoms. The third-order valence-electron chi connectivity index (χ3n) is 2.62. The molecule has 2 fully saturated rings. The first kappa shape index (κ1) is 5.25. The van der Waals surface area contributed by atoms with Gasteiger partial charge in [-0.2, -0.15) is 5.26 Å². The van der Waals surface area contributed by atoms with E-state index in [2.05, 4.69) is 6.07 Å². The van der Waals surface area contributed by atoms with Crippen LogP contribution >= 0.6 is 0 Å². The maximum atomic E-state index is 9.19. The van der Waals surface area contributed by atoms with Crippen LogP contribution in [0.15, 0.2) is 0 Å². The number of hydrogen-bond donors (Lipinski definition) is 1. The fraction of sp³-hybridized carbons (Fsp3) is 0.857. The standard InChI is InChI=1S/C7H9NO/c8-3-5-4-1-2-6(9)7(4)5/h4-7,9H,1-2H2/t4-,5-,6+,7-/m1/s1. The molecular formula is C7H9NO. The van der Waals surface area contributed by atoms with Crippen LogP contribution in [0.1, 0.15) is 12.8 Å². The fourth-order valence-electron chi connectivity index (χ4n) is 2.03. The van der Waals surface area contributed by atoms with E-state index in [-0.39, 0.29) is 12.0 Å². The molecule has 0 amide bonds. The van der Waals surface area contributed by atoms with Gasteiger partial charge in [-0.25, -0.2) is 0 Å². The molecule has 0 aromatic carbocycles. The quantitative estimate of drug-likeness (QED) is 0.510. The van der Waals surface area contributed by atoms with Crippen molar-refractivity contribution >= 4 is 0 Å². The summed E-state index contributed by atoms with van der Waals surface area (Å²) < 4.78 is 0. The molecule has 0 heterocycles. The summed E-state index contributed by atoms with van der Waals surface area (Å²) in [5.41, 5.74) is 0. The van der Waals surface area contributed by atoms with E-state index in [1.807, 2.05) is 0 Å². The van der Waals surface area contributed by atoms with Crippen molar-refractivity contribution in [2.24, 2.45) is 17.8 Å². The Kier molecular flexibility index (Phi) is 0.866. The Morgan fingerprint density at radius 1 is 1.44 bits per heavy atom. The molecule has 0 aromatic heterocycles. The summed E-state index contributed by atoms with van der Waals surface area (Å²) in [4.78, 5) is 0. The molecule has 2 nitrogen and oxygen atoms in total. The van der Waals surface area contributed by atoms with Crippen LogP contribution in [0.4, 0.5) is 0 Å². The van der Waals surface area contributed by atoms with Gasteiger partial charge in [0, 0.05) is 5.92 Å². The van der Waals surface area contributed by atoms with E-state index in [1.54, 1.807) is 0 Å². The smallest absolute Gasteiger partial charge is 0.0662 e. The fourth-order valence-corrected chi connectivity index (χ4v) is 2.03. The molecule has 0 radical (unpaired) electrons. The molecule has 0 aromatic rings. The molecule has 48 valence electrons. The summed E-state index contributed by atoms with van der Waals surface area (Å²) in [6.07, 6.45) is 1.84. The predicted molar refractivity (Wildman–Crippen MR) is 31.3 cm³/mol. The van der Waals surface area contributed by atoms with E-state index < -0.39 is 0 Å². The van der Waals surface area contributed by atoms with Crippen molar-refractivity contribution in [2.45, 2.75) is 18.9 Å². The molecule has 9 heavy (non-hydrogen) atoms. The van der Waals surface area contributed by atoms with Gasteiger partial charge in [-0.3, -0.25) is 0 Å². The van der Waals surface area contributed by atoms with E-state index in [9.17, 15) is 5.11 Å². The van der Waals surface area contributed by atoms with Gasteiger partial charge in [0.15, 0.2) is 0 Å². The highest BCUT2D eigenvalue weighted by Gasteiger charge is 2.57. The van der Waals surface area contributed by atoms with E-state index in [0.29, 0.717) is 11.8 Å². The van der Waals surface area contributed by atoms with Gasteiger partial charge in [0.05, 0.1) is 18.1 Å². The highest BCUT2D eigenvalue weighted by molar-refractivity contribution is 5.14. The Balaban J connectivity index is 2.08. The van der Waals surface area contributed by atoms with Crippen LogP contribution in [0.5, 0.6) is 0 Å². The summed E-state index contributed by atoms with van der Waals surface area (Å²) >= 11 is 0. The van der Waals surface area contributed by atoms with Gasteiger partial charge in [-0.15, -0.1) is 0 Å². The highest BCUT2D eigenvalue weighted by atomic mass is 16.3. The van der Waals surface area contributed by atoms with Gasteiger partial charge >= 0.3 is 0 Å².